The van der Waals surface area contributed by atoms with Crippen molar-refractivity contribution in [2.75, 3.05) is 19.5 Å². The molecule has 0 saturated carbocycles. The van der Waals surface area contributed by atoms with E-state index in [0.29, 0.717) is 6.54 Å². The number of non-ortho nitro benzene ring substituents is 1. The van der Waals surface area contributed by atoms with Crippen LogP contribution < -0.4 is 14.8 Å². The van der Waals surface area contributed by atoms with Gasteiger partial charge in [-0.15, -0.1) is 0 Å². The number of nitro benzene ring substituents is 1. The molecule has 0 aliphatic carbocycles. The van der Waals surface area contributed by atoms with Gasteiger partial charge in [-0.1, -0.05) is 0 Å². The highest BCUT2D eigenvalue weighted by atomic mass is 16.6. The Bertz CT molecular complexity index is 832. The largest absolute Gasteiger partial charge is 0.497 e. The number of methoxy groups -OCH3 is 2. The van der Waals surface area contributed by atoms with E-state index in [1.807, 2.05) is 19.1 Å². The van der Waals surface area contributed by atoms with Gasteiger partial charge in [0.05, 0.1) is 19.1 Å². The first-order valence-corrected chi connectivity index (χ1v) is 7.85. The van der Waals surface area contributed by atoms with Crippen molar-refractivity contribution < 1.29 is 34.2 Å². The number of nitrogens with one attached hydrogen (secondary N) is 1. The summed E-state index contributed by atoms with van der Waals surface area (Å²) < 4.78 is 10.5. The summed E-state index contributed by atoms with van der Waals surface area (Å²) in [4.78, 5) is 28.5. The topological polar surface area (TPSA) is 148 Å². The second kappa shape index (κ2) is 10.4. The molecule has 0 atom stereocenters. The van der Waals surface area contributed by atoms with Crippen molar-refractivity contribution in [3.8, 4) is 11.5 Å². The summed E-state index contributed by atoms with van der Waals surface area (Å²) in [6, 6.07) is 10.4. The molecule has 2 aromatic carbocycles. The van der Waals surface area contributed by atoms with Crippen LogP contribution in [0.4, 0.5) is 11.4 Å². The number of hydrogen-bond donors (Lipinski definition) is 3. The van der Waals surface area contributed by atoms with E-state index in [0.717, 1.165) is 28.3 Å². The number of anilines is 1. The number of benzene rings is 2. The Morgan fingerprint density at radius 3 is 1.96 bits per heavy atom. The molecule has 10 heteroatoms. The van der Waals surface area contributed by atoms with Gasteiger partial charge in [0, 0.05) is 30.4 Å². The van der Waals surface area contributed by atoms with Crippen LogP contribution in [0.5, 0.6) is 11.5 Å². The maximum Gasteiger partial charge on any atom is 0.414 e. The highest BCUT2D eigenvalue weighted by Gasteiger charge is 2.08. The zero-order chi connectivity index (χ0) is 21.3. The Kier molecular flexibility index (Phi) is 8.22. The van der Waals surface area contributed by atoms with Crippen molar-refractivity contribution in [2.24, 2.45) is 0 Å². The van der Waals surface area contributed by atoms with Crippen LogP contribution in [0, 0.1) is 17.0 Å². The van der Waals surface area contributed by atoms with E-state index < -0.39 is 16.9 Å². The molecule has 0 aromatic heterocycles. The first-order chi connectivity index (χ1) is 13.2. The lowest BCUT2D eigenvalue weighted by molar-refractivity contribution is -0.384. The maximum atomic E-state index is 10.7. The fourth-order valence-corrected chi connectivity index (χ4v) is 2.13. The van der Waals surface area contributed by atoms with Crippen molar-refractivity contribution in [3.63, 3.8) is 0 Å². The van der Waals surface area contributed by atoms with Gasteiger partial charge in [0.15, 0.2) is 0 Å². The number of carboxylic acids is 2. The summed E-state index contributed by atoms with van der Waals surface area (Å²) in [5, 5.41) is 28.8. The number of aliphatic carboxylic acids is 2. The molecule has 2 rings (SSSR count). The van der Waals surface area contributed by atoms with Crippen LogP contribution in [0.3, 0.4) is 0 Å². The monoisotopic (exact) mass is 392 g/mol. The molecule has 0 aliphatic heterocycles. The first-order valence-electron chi connectivity index (χ1n) is 7.85. The fraction of sp³-hybridized carbons (Fsp3) is 0.222. The number of ether oxygens (including phenoxy) is 2. The third-order valence-electron chi connectivity index (χ3n) is 3.50. The Morgan fingerprint density at radius 2 is 1.57 bits per heavy atom. The van der Waals surface area contributed by atoms with E-state index in [-0.39, 0.29) is 5.69 Å². The van der Waals surface area contributed by atoms with Crippen LogP contribution in [0.25, 0.3) is 0 Å². The SMILES string of the molecule is COc1cc(CNc2ccc([N+](=O)[O-])cc2C)cc(OC)c1.O=C(O)C(=O)O. The highest BCUT2D eigenvalue weighted by molar-refractivity contribution is 6.27. The molecule has 3 N–H and O–H groups in total. The molecule has 0 unspecified atom stereocenters. The van der Waals surface area contributed by atoms with Gasteiger partial charge in [0.2, 0.25) is 0 Å². The maximum absolute atomic E-state index is 10.7. The standard InChI is InChI=1S/C16H18N2O4.C2H2O4/c1-11-6-13(18(19)20)4-5-16(11)17-10-12-7-14(21-2)9-15(8-12)22-3;3-1(4)2(5)6/h4-9,17H,10H2,1-3H3;(H,3,4)(H,5,6). The van der Waals surface area contributed by atoms with E-state index in [1.165, 1.54) is 6.07 Å². The molecule has 150 valence electrons. The fourth-order valence-electron chi connectivity index (χ4n) is 2.13. The third-order valence-corrected chi connectivity index (χ3v) is 3.50. The van der Waals surface area contributed by atoms with Crippen molar-refractivity contribution in [2.45, 2.75) is 13.5 Å². The van der Waals surface area contributed by atoms with Gasteiger partial charge in [-0.3, -0.25) is 10.1 Å². The molecule has 0 radical (unpaired) electrons. The van der Waals surface area contributed by atoms with Crippen molar-refractivity contribution in [1.82, 2.24) is 0 Å². The average Bonchev–Trinajstić information content (AvgIpc) is 2.66. The molecule has 10 nitrogen and oxygen atoms in total. The first kappa shape index (κ1) is 22.2. The predicted octanol–water partition coefficient (Wildman–Crippen LogP) is 2.69. The summed E-state index contributed by atoms with van der Waals surface area (Å²) in [6.45, 7) is 2.40. The third kappa shape index (κ3) is 6.83. The van der Waals surface area contributed by atoms with Gasteiger partial charge in [-0.2, -0.15) is 0 Å². The zero-order valence-electron chi connectivity index (χ0n) is 15.5. The van der Waals surface area contributed by atoms with E-state index >= 15 is 0 Å². The van der Waals surface area contributed by atoms with Crippen LogP contribution in [-0.4, -0.2) is 41.3 Å². The van der Waals surface area contributed by atoms with Gasteiger partial charge in [-0.25, -0.2) is 9.59 Å². The van der Waals surface area contributed by atoms with Gasteiger partial charge >= 0.3 is 11.9 Å². The van der Waals surface area contributed by atoms with Crippen LogP contribution >= 0.6 is 0 Å². The Hall–Kier alpha value is -3.82. The molecule has 0 amide bonds. The molecule has 0 aliphatic rings. The van der Waals surface area contributed by atoms with E-state index in [9.17, 15) is 10.1 Å². The summed E-state index contributed by atoms with van der Waals surface area (Å²) >= 11 is 0. The second-order valence-electron chi connectivity index (χ2n) is 5.44. The normalized spacial score (nSPS) is 9.54. The van der Waals surface area contributed by atoms with Crippen LogP contribution in [0.15, 0.2) is 36.4 Å². The van der Waals surface area contributed by atoms with Crippen molar-refractivity contribution in [3.05, 3.63) is 57.6 Å². The lowest BCUT2D eigenvalue weighted by Gasteiger charge is -2.12. The summed E-state index contributed by atoms with van der Waals surface area (Å²) in [5.74, 6) is -2.21. The van der Waals surface area contributed by atoms with Gasteiger partial charge in [0.1, 0.15) is 11.5 Å². The lowest BCUT2D eigenvalue weighted by Crippen LogP contribution is -2.09. The van der Waals surface area contributed by atoms with E-state index in [1.54, 1.807) is 32.4 Å². The van der Waals surface area contributed by atoms with Crippen molar-refractivity contribution in [1.29, 1.82) is 0 Å². The molecule has 0 bridgehead atoms. The minimum Gasteiger partial charge on any atom is -0.497 e. The number of rotatable bonds is 6. The molecule has 0 saturated heterocycles. The van der Waals surface area contributed by atoms with Gasteiger partial charge in [-0.05, 0) is 36.2 Å². The molecular weight excluding hydrogens is 372 g/mol. The van der Waals surface area contributed by atoms with Gasteiger partial charge < -0.3 is 25.0 Å². The Labute approximate surface area is 160 Å². The van der Waals surface area contributed by atoms with E-state index in [2.05, 4.69) is 5.32 Å². The zero-order valence-corrected chi connectivity index (χ0v) is 15.5. The average molecular weight is 392 g/mol. The quantitative estimate of drug-likeness (QED) is 0.383. The van der Waals surface area contributed by atoms with E-state index in [4.69, 9.17) is 29.3 Å². The highest BCUT2D eigenvalue weighted by Crippen LogP contribution is 2.25. The molecule has 0 heterocycles. The molecule has 2 aromatic rings. The number of hydrogen-bond acceptors (Lipinski definition) is 7. The smallest absolute Gasteiger partial charge is 0.414 e. The van der Waals surface area contributed by atoms with Crippen molar-refractivity contribution >= 4 is 23.3 Å². The Morgan fingerprint density at radius 1 is 1.04 bits per heavy atom. The minimum absolute atomic E-state index is 0.0890. The van der Waals surface area contributed by atoms with Crippen LogP contribution in [0.2, 0.25) is 0 Å². The number of aryl methyl sites for hydroxylation is 1. The molecule has 0 fully saturated rings. The lowest BCUT2D eigenvalue weighted by atomic mass is 10.1. The summed E-state index contributed by atoms with van der Waals surface area (Å²) in [7, 11) is 3.21. The van der Waals surface area contributed by atoms with Crippen LogP contribution in [0.1, 0.15) is 11.1 Å². The Balaban J connectivity index is 0.000000568. The second-order valence-corrected chi connectivity index (χ2v) is 5.44. The number of carbonyl (C=O) groups is 2. The minimum atomic E-state index is -1.82. The summed E-state index contributed by atoms with van der Waals surface area (Å²) in [5.41, 5.74) is 2.76. The van der Waals surface area contributed by atoms with Gasteiger partial charge in [0.25, 0.3) is 5.69 Å². The predicted molar refractivity (Wildman–Crippen MR) is 100.0 cm³/mol. The van der Waals surface area contributed by atoms with Crippen LogP contribution in [-0.2, 0) is 16.1 Å². The molecule has 28 heavy (non-hydrogen) atoms. The molecule has 0 spiro atoms. The number of carboxylic acid groups (broad SMARTS) is 2. The molecular formula is C18H20N2O8. The summed E-state index contributed by atoms with van der Waals surface area (Å²) in [6.07, 6.45) is 0. The number of nitrogens with zero attached hydrogens (tertiary/aromatic N) is 1. The number of nitro groups is 1.